The van der Waals surface area contributed by atoms with Crippen molar-refractivity contribution < 1.29 is 9.84 Å². The smallest absolute Gasteiger partial charge is 0.238 e. The molecule has 0 radical (unpaired) electrons. The minimum Gasteiger partial charge on any atom is -0.473 e. The number of hydrogen-bond acceptors (Lipinski definition) is 5. The Morgan fingerprint density at radius 2 is 2.12 bits per heavy atom. The zero-order valence-corrected chi connectivity index (χ0v) is 11.3. The number of rotatable bonds is 6. The first-order chi connectivity index (χ1) is 8.02. The highest BCUT2D eigenvalue weighted by Gasteiger charge is 2.08. The number of hydrogen-bond donors (Lipinski definition) is 2. The van der Waals surface area contributed by atoms with Gasteiger partial charge < -0.3 is 15.6 Å². The van der Waals surface area contributed by atoms with Gasteiger partial charge in [0.1, 0.15) is 5.03 Å². The minimum atomic E-state index is 0.0569. The predicted octanol–water partition coefficient (Wildman–Crippen LogP) is 2.17. The molecule has 1 aromatic rings. The Labute approximate surface area is 107 Å². The molecular weight excluding hydrogens is 236 g/mol. The summed E-state index contributed by atoms with van der Waals surface area (Å²) in [6.07, 6.45) is 0.0569. The maximum atomic E-state index is 8.95. The van der Waals surface area contributed by atoms with E-state index in [1.54, 1.807) is 17.8 Å². The molecule has 1 atom stereocenters. The maximum Gasteiger partial charge on any atom is 0.238 e. The summed E-state index contributed by atoms with van der Waals surface area (Å²) in [5.41, 5.74) is 6.34. The molecule has 0 saturated heterocycles. The first-order valence-electron chi connectivity index (χ1n) is 5.69. The molecule has 0 fully saturated rings. The first kappa shape index (κ1) is 14.1. The molecule has 1 unspecified atom stereocenters. The van der Waals surface area contributed by atoms with E-state index in [0.717, 1.165) is 10.8 Å². The lowest BCUT2D eigenvalue weighted by Crippen LogP contribution is -2.09. The van der Waals surface area contributed by atoms with Gasteiger partial charge in [-0.15, -0.1) is 11.8 Å². The van der Waals surface area contributed by atoms with Crippen molar-refractivity contribution in [3.8, 4) is 5.88 Å². The summed E-state index contributed by atoms with van der Waals surface area (Å²) in [6.45, 7) is 6.07. The molecule has 1 heterocycles. The molecule has 96 valence electrons. The number of ether oxygens (including phenoxy) is 1. The fourth-order valence-corrected chi connectivity index (χ4v) is 1.99. The van der Waals surface area contributed by atoms with Crippen molar-refractivity contribution in [1.29, 1.82) is 0 Å². The van der Waals surface area contributed by atoms with Gasteiger partial charge in [0, 0.05) is 12.4 Å². The zero-order valence-electron chi connectivity index (χ0n) is 10.5. The Morgan fingerprint density at radius 3 is 2.71 bits per heavy atom. The zero-order chi connectivity index (χ0) is 12.8. The summed E-state index contributed by atoms with van der Waals surface area (Å²) < 4.78 is 5.52. The third-order valence-corrected chi connectivity index (χ3v) is 3.30. The fraction of sp³-hybridized carbons (Fsp3) is 0.583. The van der Waals surface area contributed by atoms with Crippen molar-refractivity contribution in [1.82, 2.24) is 4.98 Å². The summed E-state index contributed by atoms with van der Waals surface area (Å²) in [4.78, 5) is 4.35. The number of aromatic nitrogens is 1. The molecule has 0 amide bonds. The fourth-order valence-electron chi connectivity index (χ4n) is 1.11. The van der Waals surface area contributed by atoms with Crippen LogP contribution in [0.2, 0.25) is 0 Å². The third kappa shape index (κ3) is 4.83. The maximum absolute atomic E-state index is 8.95. The van der Waals surface area contributed by atoms with Crippen LogP contribution in [0.4, 0.5) is 5.69 Å². The van der Waals surface area contributed by atoms with E-state index in [-0.39, 0.29) is 18.6 Å². The summed E-state index contributed by atoms with van der Waals surface area (Å²) in [5.74, 6) is 1.57. The highest BCUT2D eigenvalue weighted by atomic mass is 32.2. The second-order valence-electron chi connectivity index (χ2n) is 4.31. The van der Waals surface area contributed by atoms with Gasteiger partial charge in [-0.1, -0.05) is 6.92 Å². The number of nitrogen functional groups attached to an aromatic ring is 1. The highest BCUT2D eigenvalue weighted by molar-refractivity contribution is 7.99. The Balaban J connectivity index is 2.67. The average molecular weight is 256 g/mol. The van der Waals surface area contributed by atoms with Crippen molar-refractivity contribution in [2.75, 3.05) is 18.1 Å². The molecule has 1 aromatic heterocycles. The van der Waals surface area contributed by atoms with Crippen LogP contribution >= 0.6 is 11.8 Å². The normalized spacial score (nSPS) is 12.8. The molecule has 0 saturated carbocycles. The van der Waals surface area contributed by atoms with E-state index in [1.807, 2.05) is 26.8 Å². The van der Waals surface area contributed by atoms with Crippen LogP contribution in [-0.4, -0.2) is 28.6 Å². The Bertz CT molecular complexity index is 358. The van der Waals surface area contributed by atoms with Crippen molar-refractivity contribution in [2.24, 2.45) is 5.92 Å². The Morgan fingerprint density at radius 1 is 1.41 bits per heavy atom. The van der Waals surface area contributed by atoms with Gasteiger partial charge in [-0.25, -0.2) is 4.98 Å². The van der Waals surface area contributed by atoms with Gasteiger partial charge in [0.05, 0.1) is 11.8 Å². The molecule has 5 heteroatoms. The van der Waals surface area contributed by atoms with E-state index in [9.17, 15) is 0 Å². The molecule has 0 bridgehead atoms. The second-order valence-corrected chi connectivity index (χ2v) is 5.35. The van der Waals surface area contributed by atoms with E-state index in [0.29, 0.717) is 11.6 Å². The van der Waals surface area contributed by atoms with E-state index in [2.05, 4.69) is 4.98 Å². The average Bonchev–Trinajstić information content (AvgIpc) is 2.29. The predicted molar refractivity (Wildman–Crippen MR) is 71.4 cm³/mol. The summed E-state index contributed by atoms with van der Waals surface area (Å²) >= 11 is 1.60. The largest absolute Gasteiger partial charge is 0.473 e. The van der Waals surface area contributed by atoms with Crippen LogP contribution in [0.15, 0.2) is 17.2 Å². The number of anilines is 1. The highest BCUT2D eigenvalue weighted by Crippen LogP contribution is 2.26. The van der Waals surface area contributed by atoms with Crippen LogP contribution < -0.4 is 10.5 Å². The second kappa shape index (κ2) is 6.71. The number of nitrogens with two attached hydrogens (primary N) is 1. The van der Waals surface area contributed by atoms with Crippen molar-refractivity contribution in [2.45, 2.75) is 31.9 Å². The molecule has 0 spiro atoms. The lowest BCUT2D eigenvalue weighted by Gasteiger charge is -2.12. The van der Waals surface area contributed by atoms with Crippen molar-refractivity contribution >= 4 is 17.4 Å². The number of thioether (sulfide) groups is 1. The molecule has 1 rings (SSSR count). The summed E-state index contributed by atoms with van der Waals surface area (Å²) in [7, 11) is 0. The van der Waals surface area contributed by atoms with Gasteiger partial charge in [-0.05, 0) is 31.9 Å². The Hall–Kier alpha value is -0.940. The minimum absolute atomic E-state index is 0.0569. The van der Waals surface area contributed by atoms with Gasteiger partial charge >= 0.3 is 0 Å². The van der Waals surface area contributed by atoms with Crippen molar-refractivity contribution in [3.63, 3.8) is 0 Å². The quantitative estimate of drug-likeness (QED) is 0.763. The number of nitrogens with zero attached hydrogens (tertiary/aromatic N) is 1. The molecule has 0 aliphatic heterocycles. The van der Waals surface area contributed by atoms with Crippen LogP contribution in [0.5, 0.6) is 5.88 Å². The monoisotopic (exact) mass is 256 g/mol. The van der Waals surface area contributed by atoms with Crippen LogP contribution in [0, 0.1) is 5.92 Å². The van der Waals surface area contributed by atoms with Gasteiger partial charge in [-0.2, -0.15) is 0 Å². The van der Waals surface area contributed by atoms with Crippen LogP contribution in [0.25, 0.3) is 0 Å². The molecule has 0 aliphatic carbocycles. The van der Waals surface area contributed by atoms with E-state index in [4.69, 9.17) is 15.6 Å². The van der Waals surface area contributed by atoms with E-state index >= 15 is 0 Å². The summed E-state index contributed by atoms with van der Waals surface area (Å²) in [6, 6.07) is 3.67. The van der Waals surface area contributed by atoms with Crippen LogP contribution in [0.3, 0.4) is 0 Å². The lowest BCUT2D eigenvalue weighted by atomic mass is 10.2. The van der Waals surface area contributed by atoms with E-state index < -0.39 is 0 Å². The van der Waals surface area contributed by atoms with Crippen molar-refractivity contribution in [3.05, 3.63) is 12.1 Å². The molecule has 3 N–H and O–H groups in total. The lowest BCUT2D eigenvalue weighted by molar-refractivity contribution is 0.232. The first-order valence-corrected chi connectivity index (χ1v) is 6.68. The van der Waals surface area contributed by atoms with Gasteiger partial charge in [-0.3, -0.25) is 0 Å². The van der Waals surface area contributed by atoms with Gasteiger partial charge in [0.25, 0.3) is 0 Å². The van der Waals surface area contributed by atoms with Gasteiger partial charge in [0.15, 0.2) is 0 Å². The summed E-state index contributed by atoms with van der Waals surface area (Å²) in [5, 5.41) is 9.82. The molecule has 0 aromatic carbocycles. The molecule has 17 heavy (non-hydrogen) atoms. The van der Waals surface area contributed by atoms with Crippen LogP contribution in [-0.2, 0) is 0 Å². The van der Waals surface area contributed by atoms with Gasteiger partial charge in [0.2, 0.25) is 5.88 Å². The molecule has 4 nitrogen and oxygen atoms in total. The molecule has 0 aliphatic rings. The number of pyridine rings is 1. The number of aliphatic hydroxyl groups is 1. The SMILES string of the molecule is CC(CO)CSc1ccc(N)c(OC(C)C)n1. The standard InChI is InChI=1S/C12H20N2O2S/c1-8(2)16-12-10(13)4-5-11(14-12)17-7-9(3)6-15/h4-5,8-9,15H,6-7,13H2,1-3H3. The topological polar surface area (TPSA) is 68.4 Å². The molecular formula is C12H20N2O2S. The van der Waals surface area contributed by atoms with Crippen LogP contribution in [0.1, 0.15) is 20.8 Å². The number of aliphatic hydroxyl groups excluding tert-OH is 1. The third-order valence-electron chi connectivity index (χ3n) is 2.04. The Kier molecular flexibility index (Phi) is 5.58. The van der Waals surface area contributed by atoms with E-state index in [1.165, 1.54) is 0 Å².